The molecule has 0 aromatic heterocycles. The molecule has 0 aromatic rings. The van der Waals surface area contributed by atoms with Crippen molar-refractivity contribution < 1.29 is 29.2 Å². The number of hydrogen-bond donors (Lipinski definition) is 3. The van der Waals surface area contributed by atoms with Crippen LogP contribution >= 0.6 is 0 Å². The minimum Gasteiger partial charge on any atom is -0.394 e. The highest BCUT2D eigenvalue weighted by atomic mass is 16.8. The van der Waals surface area contributed by atoms with Crippen molar-refractivity contribution in [2.45, 2.75) is 64.1 Å². The van der Waals surface area contributed by atoms with Crippen molar-refractivity contribution in [3.63, 3.8) is 0 Å². The molecular formula is C13H23NO6. The molecule has 7 heteroatoms. The summed E-state index contributed by atoms with van der Waals surface area (Å²) in [7, 11) is 0. The fourth-order valence-corrected chi connectivity index (χ4v) is 2.46. The van der Waals surface area contributed by atoms with E-state index in [2.05, 4.69) is 5.32 Å². The van der Waals surface area contributed by atoms with Crippen LogP contribution in [0.2, 0.25) is 0 Å². The summed E-state index contributed by atoms with van der Waals surface area (Å²) in [5, 5.41) is 21.7. The van der Waals surface area contributed by atoms with Crippen LogP contribution in [0, 0.1) is 5.92 Å². The standard InChI is InChI=1S/C13H23NO6/c1-6(2)11(17)14-8-9(7(16)5-15)18-12-10(8)19-13(3,4)20-12/h6-10,12,15-16H,5H2,1-4H3,(H,14,17)/t7-,8+,9-,10-,12-/m1/s1. The average Bonchev–Trinajstić information content (AvgIpc) is 2.81. The second kappa shape index (κ2) is 5.57. The highest BCUT2D eigenvalue weighted by molar-refractivity contribution is 5.78. The Morgan fingerprint density at radius 2 is 2.00 bits per heavy atom. The Bertz CT molecular complexity index is 372. The first-order chi connectivity index (χ1) is 9.25. The molecule has 2 heterocycles. The van der Waals surface area contributed by atoms with E-state index in [9.17, 15) is 9.90 Å². The van der Waals surface area contributed by atoms with Crippen molar-refractivity contribution in [2.75, 3.05) is 6.61 Å². The summed E-state index contributed by atoms with van der Waals surface area (Å²) < 4.78 is 16.9. The van der Waals surface area contributed by atoms with Crippen molar-refractivity contribution in [3.8, 4) is 0 Å². The number of nitrogens with one attached hydrogen (secondary N) is 1. The van der Waals surface area contributed by atoms with Gasteiger partial charge in [0.2, 0.25) is 5.91 Å². The SMILES string of the molecule is CC(C)C(=O)N[C@@H]1[C@H]2OC(C)(C)O[C@H]2O[C@@H]1[C@H](O)CO. The monoisotopic (exact) mass is 289 g/mol. The smallest absolute Gasteiger partial charge is 0.222 e. The van der Waals surface area contributed by atoms with Crippen molar-refractivity contribution in [1.29, 1.82) is 0 Å². The molecule has 0 bridgehead atoms. The van der Waals surface area contributed by atoms with E-state index >= 15 is 0 Å². The van der Waals surface area contributed by atoms with Gasteiger partial charge in [-0.25, -0.2) is 0 Å². The minimum absolute atomic E-state index is 0.164. The van der Waals surface area contributed by atoms with Crippen molar-refractivity contribution in [2.24, 2.45) is 5.92 Å². The van der Waals surface area contributed by atoms with Gasteiger partial charge in [0.1, 0.15) is 18.3 Å². The van der Waals surface area contributed by atoms with Gasteiger partial charge >= 0.3 is 0 Å². The third-order valence-electron chi connectivity index (χ3n) is 3.49. The van der Waals surface area contributed by atoms with Gasteiger partial charge in [-0.05, 0) is 13.8 Å². The maximum Gasteiger partial charge on any atom is 0.222 e. The average molecular weight is 289 g/mol. The minimum atomic E-state index is -1.10. The number of carbonyl (C=O) groups excluding carboxylic acids is 1. The van der Waals surface area contributed by atoms with E-state index in [1.165, 1.54) is 0 Å². The van der Waals surface area contributed by atoms with E-state index < -0.39 is 43.0 Å². The molecule has 7 nitrogen and oxygen atoms in total. The maximum atomic E-state index is 11.9. The Hall–Kier alpha value is -0.730. The number of ether oxygens (including phenoxy) is 3. The summed E-state index contributed by atoms with van der Waals surface area (Å²) in [4.78, 5) is 11.9. The topological polar surface area (TPSA) is 97.3 Å². The lowest BCUT2D eigenvalue weighted by molar-refractivity contribution is -0.218. The number of hydrogen-bond acceptors (Lipinski definition) is 6. The molecule has 0 aliphatic carbocycles. The molecule has 20 heavy (non-hydrogen) atoms. The zero-order valence-electron chi connectivity index (χ0n) is 12.2. The van der Waals surface area contributed by atoms with Crippen LogP contribution in [0.4, 0.5) is 0 Å². The summed E-state index contributed by atoms with van der Waals surface area (Å²) in [6.07, 6.45) is -3.02. The molecule has 2 aliphatic heterocycles. The summed E-state index contributed by atoms with van der Waals surface area (Å²) in [6, 6.07) is -0.557. The van der Waals surface area contributed by atoms with Crippen LogP contribution < -0.4 is 5.32 Å². The van der Waals surface area contributed by atoms with Crippen LogP contribution in [-0.4, -0.2) is 59.2 Å². The van der Waals surface area contributed by atoms with E-state index in [1.54, 1.807) is 27.7 Å². The number of aliphatic hydroxyl groups excluding tert-OH is 2. The van der Waals surface area contributed by atoms with Crippen molar-refractivity contribution in [1.82, 2.24) is 5.32 Å². The lowest BCUT2D eigenvalue weighted by Gasteiger charge is -2.28. The molecule has 2 fully saturated rings. The summed E-state index contributed by atoms with van der Waals surface area (Å²) >= 11 is 0. The Kier molecular flexibility index (Phi) is 4.36. The molecule has 2 saturated heterocycles. The number of rotatable bonds is 4. The molecule has 5 atom stereocenters. The van der Waals surface area contributed by atoms with Gasteiger partial charge in [-0.2, -0.15) is 0 Å². The van der Waals surface area contributed by atoms with Crippen LogP contribution in [0.1, 0.15) is 27.7 Å². The Morgan fingerprint density at radius 1 is 1.35 bits per heavy atom. The largest absolute Gasteiger partial charge is 0.394 e. The highest BCUT2D eigenvalue weighted by Crippen LogP contribution is 2.38. The zero-order valence-corrected chi connectivity index (χ0v) is 12.2. The molecule has 0 spiro atoms. The third-order valence-corrected chi connectivity index (χ3v) is 3.49. The van der Waals surface area contributed by atoms with Gasteiger partial charge in [-0.1, -0.05) is 13.8 Å². The quantitative estimate of drug-likeness (QED) is 0.637. The lowest BCUT2D eigenvalue weighted by Crippen LogP contribution is -2.53. The fourth-order valence-electron chi connectivity index (χ4n) is 2.46. The van der Waals surface area contributed by atoms with Gasteiger partial charge in [0, 0.05) is 5.92 Å². The first-order valence-electron chi connectivity index (χ1n) is 6.85. The van der Waals surface area contributed by atoms with Crippen LogP contribution in [0.15, 0.2) is 0 Å². The maximum absolute atomic E-state index is 11.9. The first kappa shape index (κ1) is 15.7. The molecule has 0 unspecified atom stereocenters. The first-order valence-corrected chi connectivity index (χ1v) is 6.85. The lowest BCUT2D eigenvalue weighted by atomic mass is 10.0. The molecule has 0 aromatic carbocycles. The van der Waals surface area contributed by atoms with Crippen LogP contribution in [0.25, 0.3) is 0 Å². The van der Waals surface area contributed by atoms with E-state index in [4.69, 9.17) is 19.3 Å². The molecule has 2 aliphatic rings. The predicted octanol–water partition coefficient (Wildman–Crippen LogP) is -0.643. The number of carbonyl (C=O) groups is 1. The molecule has 116 valence electrons. The summed E-state index contributed by atoms with van der Waals surface area (Å²) in [6.45, 7) is 6.61. The van der Waals surface area contributed by atoms with Crippen molar-refractivity contribution in [3.05, 3.63) is 0 Å². The second-order valence-electron chi connectivity index (χ2n) is 6.01. The van der Waals surface area contributed by atoms with Crippen LogP contribution in [0.5, 0.6) is 0 Å². The van der Waals surface area contributed by atoms with Gasteiger partial charge in [-0.15, -0.1) is 0 Å². The third kappa shape index (κ3) is 2.96. The molecule has 2 rings (SSSR count). The molecule has 1 amide bonds. The Balaban J connectivity index is 2.14. The number of fused-ring (bicyclic) bond motifs is 1. The van der Waals surface area contributed by atoms with Gasteiger partial charge in [-0.3, -0.25) is 4.79 Å². The highest BCUT2D eigenvalue weighted by Gasteiger charge is 2.56. The zero-order chi connectivity index (χ0) is 15.1. The molecule has 0 radical (unpaired) electrons. The fraction of sp³-hybridized carbons (Fsp3) is 0.923. The van der Waals surface area contributed by atoms with Gasteiger partial charge in [0.05, 0.1) is 12.6 Å². The van der Waals surface area contributed by atoms with Gasteiger partial charge in [0.15, 0.2) is 12.1 Å². The van der Waals surface area contributed by atoms with E-state index in [0.717, 1.165) is 0 Å². The Morgan fingerprint density at radius 3 is 2.55 bits per heavy atom. The van der Waals surface area contributed by atoms with Crippen LogP contribution in [0.3, 0.4) is 0 Å². The number of amides is 1. The normalized spacial score (nSPS) is 37.0. The predicted molar refractivity (Wildman–Crippen MR) is 68.6 cm³/mol. The van der Waals surface area contributed by atoms with E-state index in [0.29, 0.717) is 0 Å². The van der Waals surface area contributed by atoms with Crippen LogP contribution in [-0.2, 0) is 19.0 Å². The van der Waals surface area contributed by atoms with E-state index in [-0.39, 0.29) is 11.8 Å². The molecule has 0 saturated carbocycles. The molecule has 3 N–H and O–H groups in total. The van der Waals surface area contributed by atoms with E-state index in [1.807, 2.05) is 0 Å². The Labute approximate surface area is 118 Å². The second-order valence-corrected chi connectivity index (χ2v) is 6.01. The number of aliphatic hydroxyl groups is 2. The summed E-state index contributed by atoms with van der Waals surface area (Å²) in [5.41, 5.74) is 0. The van der Waals surface area contributed by atoms with Gasteiger partial charge < -0.3 is 29.7 Å². The molecular weight excluding hydrogens is 266 g/mol. The summed E-state index contributed by atoms with van der Waals surface area (Å²) in [5.74, 6) is -1.16. The van der Waals surface area contributed by atoms with Crippen molar-refractivity contribution >= 4 is 5.91 Å². The van der Waals surface area contributed by atoms with Gasteiger partial charge in [0.25, 0.3) is 0 Å².